The number of nitrogens with one attached hydrogen (secondary N) is 1. The summed E-state index contributed by atoms with van der Waals surface area (Å²) in [4.78, 5) is 10.8. The van der Waals surface area contributed by atoms with E-state index in [4.69, 9.17) is 5.11 Å². The molecule has 0 unspecified atom stereocenters. The Balaban J connectivity index is 3.25. The van der Waals surface area contributed by atoms with Crippen LogP contribution in [0.4, 0.5) is 18.9 Å². The van der Waals surface area contributed by atoms with Crippen LogP contribution in [0.15, 0.2) is 18.2 Å². The van der Waals surface area contributed by atoms with E-state index < -0.39 is 32.8 Å². The first-order chi connectivity index (χ1) is 8.04. The van der Waals surface area contributed by atoms with Crippen molar-refractivity contribution in [1.29, 1.82) is 0 Å². The molecule has 1 aromatic rings. The van der Waals surface area contributed by atoms with Gasteiger partial charge in [0.1, 0.15) is 0 Å². The van der Waals surface area contributed by atoms with Crippen molar-refractivity contribution in [3.8, 4) is 0 Å². The van der Waals surface area contributed by atoms with Crippen LogP contribution in [-0.4, -0.2) is 25.0 Å². The fraction of sp³-hybridized carbons (Fsp3) is 0.125. The van der Waals surface area contributed by atoms with Crippen molar-refractivity contribution in [1.82, 2.24) is 0 Å². The Morgan fingerprint density at radius 1 is 1.33 bits per heavy atom. The number of benzene rings is 1. The average molecular weight is 395 g/mol. The van der Waals surface area contributed by atoms with Gasteiger partial charge in [-0.25, -0.2) is 4.79 Å². The lowest BCUT2D eigenvalue weighted by atomic mass is 10.2. The van der Waals surface area contributed by atoms with Gasteiger partial charge in [0.25, 0.3) is 0 Å². The molecule has 0 fully saturated rings. The number of aromatic carboxylic acids is 1. The molecular formula is C8H5F3INO4S. The van der Waals surface area contributed by atoms with E-state index in [1.165, 1.54) is 10.8 Å². The number of hydrogen-bond donors (Lipinski definition) is 2. The molecule has 0 bridgehead atoms. The maximum absolute atomic E-state index is 12.1. The van der Waals surface area contributed by atoms with E-state index in [2.05, 4.69) is 0 Å². The van der Waals surface area contributed by atoms with Gasteiger partial charge in [-0.05, 0) is 40.8 Å². The van der Waals surface area contributed by atoms with Crippen molar-refractivity contribution in [2.45, 2.75) is 5.51 Å². The molecule has 0 heterocycles. The number of hydrogen-bond acceptors (Lipinski definition) is 3. The van der Waals surface area contributed by atoms with Crippen LogP contribution in [0.25, 0.3) is 0 Å². The molecule has 0 aliphatic carbocycles. The van der Waals surface area contributed by atoms with E-state index in [0.29, 0.717) is 3.57 Å². The van der Waals surface area contributed by atoms with Gasteiger partial charge < -0.3 is 5.11 Å². The SMILES string of the molecule is O=C(O)c1cc(I)ccc1NS(=O)(=O)C(F)(F)F. The van der Waals surface area contributed by atoms with Crippen LogP contribution in [-0.2, 0) is 10.0 Å². The van der Waals surface area contributed by atoms with Crippen LogP contribution in [0.2, 0.25) is 0 Å². The number of anilines is 1. The van der Waals surface area contributed by atoms with Gasteiger partial charge in [-0.2, -0.15) is 21.6 Å². The lowest BCUT2D eigenvalue weighted by Crippen LogP contribution is -2.30. The van der Waals surface area contributed by atoms with Crippen molar-refractivity contribution >= 4 is 44.3 Å². The van der Waals surface area contributed by atoms with Crippen LogP contribution in [0.5, 0.6) is 0 Å². The lowest BCUT2D eigenvalue weighted by Gasteiger charge is -2.12. The third-order valence-corrected chi connectivity index (χ3v) is 3.53. The first kappa shape index (κ1) is 15.0. The van der Waals surface area contributed by atoms with Crippen molar-refractivity contribution in [3.63, 3.8) is 0 Å². The van der Waals surface area contributed by atoms with E-state index in [9.17, 15) is 26.4 Å². The highest BCUT2D eigenvalue weighted by molar-refractivity contribution is 14.1. The van der Waals surface area contributed by atoms with Gasteiger partial charge in [0.2, 0.25) is 0 Å². The van der Waals surface area contributed by atoms with E-state index in [-0.39, 0.29) is 0 Å². The Hall–Kier alpha value is -1.04. The molecule has 0 aliphatic rings. The van der Waals surface area contributed by atoms with Crippen LogP contribution in [0.3, 0.4) is 0 Å². The van der Waals surface area contributed by atoms with Gasteiger partial charge in [0.05, 0.1) is 11.3 Å². The van der Waals surface area contributed by atoms with Crippen molar-refractivity contribution in [2.75, 3.05) is 4.72 Å². The molecule has 0 atom stereocenters. The minimum absolute atomic E-state index is 0.444. The maximum atomic E-state index is 12.1. The van der Waals surface area contributed by atoms with Gasteiger partial charge in [0, 0.05) is 3.57 Å². The molecule has 0 spiro atoms. The summed E-state index contributed by atoms with van der Waals surface area (Å²) < 4.78 is 59.7. The number of carboxylic acids is 1. The zero-order valence-electron chi connectivity index (χ0n) is 8.32. The van der Waals surface area contributed by atoms with E-state index >= 15 is 0 Å². The summed E-state index contributed by atoms with van der Waals surface area (Å²) in [6, 6.07) is 3.28. The van der Waals surface area contributed by atoms with E-state index in [0.717, 1.165) is 12.1 Å². The first-order valence-corrected chi connectivity index (χ1v) is 6.73. The van der Waals surface area contributed by atoms with Gasteiger partial charge in [-0.3, -0.25) is 4.72 Å². The van der Waals surface area contributed by atoms with Crippen LogP contribution >= 0.6 is 22.6 Å². The minimum atomic E-state index is -5.64. The van der Waals surface area contributed by atoms with Crippen LogP contribution in [0.1, 0.15) is 10.4 Å². The molecule has 1 aromatic carbocycles. The molecular weight excluding hydrogens is 390 g/mol. The Morgan fingerprint density at radius 2 is 1.89 bits per heavy atom. The number of carboxylic acid groups (broad SMARTS) is 1. The van der Waals surface area contributed by atoms with Gasteiger partial charge in [-0.15, -0.1) is 0 Å². The van der Waals surface area contributed by atoms with Gasteiger partial charge >= 0.3 is 21.5 Å². The molecule has 0 saturated carbocycles. The minimum Gasteiger partial charge on any atom is -0.478 e. The summed E-state index contributed by atoms with van der Waals surface area (Å²) in [6.45, 7) is 0. The predicted molar refractivity (Wildman–Crippen MR) is 64.7 cm³/mol. The molecule has 10 heteroatoms. The fourth-order valence-electron chi connectivity index (χ4n) is 0.985. The number of carbonyl (C=O) groups is 1. The molecule has 18 heavy (non-hydrogen) atoms. The van der Waals surface area contributed by atoms with Crippen LogP contribution in [0, 0.1) is 3.57 Å². The highest BCUT2D eigenvalue weighted by Gasteiger charge is 2.46. The Bertz CT molecular complexity index is 584. The molecule has 100 valence electrons. The standard InChI is InChI=1S/C8H5F3INO4S/c9-8(10,11)18(16,17)13-6-2-1-4(12)3-5(6)7(14)15/h1-3,13H,(H,14,15). The molecule has 0 amide bonds. The summed E-state index contributed by atoms with van der Waals surface area (Å²) >= 11 is 1.75. The number of rotatable bonds is 3. The fourth-order valence-corrected chi connectivity index (χ4v) is 2.06. The van der Waals surface area contributed by atoms with Crippen molar-refractivity contribution in [2.24, 2.45) is 0 Å². The second-order valence-corrected chi connectivity index (χ2v) is 5.97. The molecule has 5 nitrogen and oxygen atoms in total. The summed E-state index contributed by atoms with van der Waals surface area (Å²) in [5.41, 5.74) is -6.71. The van der Waals surface area contributed by atoms with Gasteiger partial charge in [-0.1, -0.05) is 0 Å². The Morgan fingerprint density at radius 3 is 2.33 bits per heavy atom. The highest BCUT2D eigenvalue weighted by atomic mass is 127. The zero-order valence-corrected chi connectivity index (χ0v) is 11.3. The monoisotopic (exact) mass is 395 g/mol. The van der Waals surface area contributed by atoms with E-state index in [1.54, 1.807) is 22.6 Å². The maximum Gasteiger partial charge on any atom is 0.516 e. The summed E-state index contributed by atoms with van der Waals surface area (Å²) in [5, 5.41) is 8.77. The molecule has 0 aromatic heterocycles. The molecule has 0 saturated heterocycles. The third-order valence-electron chi connectivity index (χ3n) is 1.76. The molecule has 1 rings (SSSR count). The van der Waals surface area contributed by atoms with E-state index in [1.807, 2.05) is 0 Å². The number of halogens is 4. The van der Waals surface area contributed by atoms with Crippen molar-refractivity contribution in [3.05, 3.63) is 27.3 Å². The smallest absolute Gasteiger partial charge is 0.478 e. The molecule has 0 radical (unpaired) electrons. The van der Waals surface area contributed by atoms with Gasteiger partial charge in [0.15, 0.2) is 0 Å². The summed E-state index contributed by atoms with van der Waals surface area (Å²) in [7, 11) is -5.64. The number of sulfonamides is 1. The quantitative estimate of drug-likeness (QED) is 0.770. The first-order valence-electron chi connectivity index (χ1n) is 4.16. The summed E-state index contributed by atoms with van der Waals surface area (Å²) in [5.74, 6) is -1.53. The largest absolute Gasteiger partial charge is 0.516 e. The summed E-state index contributed by atoms with van der Waals surface area (Å²) in [6.07, 6.45) is 0. The highest BCUT2D eigenvalue weighted by Crippen LogP contribution is 2.27. The average Bonchev–Trinajstić information content (AvgIpc) is 2.18. The van der Waals surface area contributed by atoms with Crippen LogP contribution < -0.4 is 4.72 Å². The normalized spacial score (nSPS) is 12.2. The molecule has 0 aliphatic heterocycles. The third kappa shape index (κ3) is 3.25. The van der Waals surface area contributed by atoms with Crippen molar-refractivity contribution < 1.29 is 31.5 Å². The lowest BCUT2D eigenvalue weighted by molar-refractivity contribution is -0.0429. The number of alkyl halides is 3. The molecule has 2 N–H and O–H groups in total. The Kier molecular flexibility index (Phi) is 4.10. The Labute approximate surface area is 113 Å². The second kappa shape index (κ2) is 4.91. The second-order valence-electron chi connectivity index (χ2n) is 3.05. The zero-order chi connectivity index (χ0) is 14.1. The predicted octanol–water partition coefficient (Wildman–Crippen LogP) is 2.25. The topological polar surface area (TPSA) is 83.5 Å².